The van der Waals surface area contributed by atoms with Crippen LogP contribution in [0, 0.1) is 0 Å². The minimum atomic E-state index is -0.451. The van der Waals surface area contributed by atoms with Crippen molar-refractivity contribution in [2.45, 2.75) is 76.4 Å². The van der Waals surface area contributed by atoms with Crippen LogP contribution in [-0.4, -0.2) is 34.7 Å². The van der Waals surface area contributed by atoms with Gasteiger partial charge in [-0.15, -0.1) is 0 Å². The molecule has 1 N–H and O–H groups in total. The second kappa shape index (κ2) is 5.50. The standard InChI is InChI=1S/C14H27NO/c1-14(16)10-6-2-4-8-13-9-5-3-7-11-15(13)12-14/h13,16H,2-12H2,1H3. The summed E-state index contributed by atoms with van der Waals surface area (Å²) in [5.41, 5.74) is -0.451. The van der Waals surface area contributed by atoms with Crippen LogP contribution in [0.25, 0.3) is 0 Å². The van der Waals surface area contributed by atoms with Gasteiger partial charge in [0.05, 0.1) is 5.60 Å². The van der Waals surface area contributed by atoms with E-state index in [1.807, 2.05) is 6.92 Å². The van der Waals surface area contributed by atoms with E-state index in [-0.39, 0.29) is 0 Å². The van der Waals surface area contributed by atoms with Crippen LogP contribution in [0.4, 0.5) is 0 Å². The average Bonchev–Trinajstić information content (AvgIpc) is 2.39. The third kappa shape index (κ3) is 3.46. The molecule has 0 amide bonds. The Labute approximate surface area is 100 Å². The van der Waals surface area contributed by atoms with Crippen molar-refractivity contribution in [3.63, 3.8) is 0 Å². The van der Waals surface area contributed by atoms with Crippen molar-refractivity contribution in [3.8, 4) is 0 Å². The summed E-state index contributed by atoms with van der Waals surface area (Å²) in [5, 5.41) is 10.4. The lowest BCUT2D eigenvalue weighted by Gasteiger charge is -2.35. The minimum absolute atomic E-state index is 0.451. The lowest BCUT2D eigenvalue weighted by atomic mass is 9.98. The van der Waals surface area contributed by atoms with Gasteiger partial charge in [-0.05, 0) is 39.2 Å². The number of rotatable bonds is 0. The molecule has 94 valence electrons. The molecule has 0 aromatic heterocycles. The molecule has 2 heterocycles. The molecule has 0 saturated carbocycles. The lowest BCUT2D eigenvalue weighted by Crippen LogP contribution is -2.45. The van der Waals surface area contributed by atoms with Crippen molar-refractivity contribution < 1.29 is 5.11 Å². The smallest absolute Gasteiger partial charge is 0.0746 e. The topological polar surface area (TPSA) is 23.5 Å². The predicted molar refractivity (Wildman–Crippen MR) is 67.5 cm³/mol. The van der Waals surface area contributed by atoms with Crippen molar-refractivity contribution in [3.05, 3.63) is 0 Å². The molecule has 2 nitrogen and oxygen atoms in total. The van der Waals surface area contributed by atoms with Crippen LogP contribution in [0.1, 0.15) is 64.7 Å². The summed E-state index contributed by atoms with van der Waals surface area (Å²) in [4.78, 5) is 2.58. The molecule has 0 spiro atoms. The van der Waals surface area contributed by atoms with E-state index in [0.717, 1.165) is 19.0 Å². The fourth-order valence-electron chi connectivity index (χ4n) is 3.35. The zero-order valence-electron chi connectivity index (χ0n) is 10.7. The maximum atomic E-state index is 10.4. The molecule has 2 atom stereocenters. The molecule has 0 aromatic rings. The third-order valence-electron chi connectivity index (χ3n) is 4.30. The fraction of sp³-hybridized carbons (Fsp3) is 1.00. The number of aliphatic hydroxyl groups is 1. The van der Waals surface area contributed by atoms with Crippen molar-refractivity contribution in [1.82, 2.24) is 4.90 Å². The Balaban J connectivity index is 2.04. The van der Waals surface area contributed by atoms with Gasteiger partial charge in [-0.3, -0.25) is 4.90 Å². The summed E-state index contributed by atoms with van der Waals surface area (Å²) in [5.74, 6) is 0. The first-order valence-corrected chi connectivity index (χ1v) is 7.14. The van der Waals surface area contributed by atoms with E-state index in [1.54, 1.807) is 0 Å². The number of hydrogen-bond acceptors (Lipinski definition) is 2. The molecule has 2 aliphatic heterocycles. The maximum absolute atomic E-state index is 10.4. The van der Waals surface area contributed by atoms with Gasteiger partial charge in [0.1, 0.15) is 0 Å². The van der Waals surface area contributed by atoms with Crippen molar-refractivity contribution >= 4 is 0 Å². The summed E-state index contributed by atoms with van der Waals surface area (Å²) in [6, 6.07) is 0.757. The number of nitrogens with zero attached hydrogens (tertiary/aromatic N) is 1. The van der Waals surface area contributed by atoms with Crippen molar-refractivity contribution in [2.75, 3.05) is 13.1 Å². The van der Waals surface area contributed by atoms with Gasteiger partial charge >= 0.3 is 0 Å². The monoisotopic (exact) mass is 225 g/mol. The van der Waals surface area contributed by atoms with E-state index < -0.39 is 5.60 Å². The zero-order chi connectivity index (χ0) is 11.4. The van der Waals surface area contributed by atoms with Gasteiger partial charge in [0.2, 0.25) is 0 Å². The van der Waals surface area contributed by atoms with Gasteiger partial charge < -0.3 is 5.11 Å². The van der Waals surface area contributed by atoms with E-state index in [9.17, 15) is 5.11 Å². The Morgan fingerprint density at radius 2 is 1.69 bits per heavy atom. The van der Waals surface area contributed by atoms with Crippen LogP contribution in [0.15, 0.2) is 0 Å². The van der Waals surface area contributed by atoms with Gasteiger partial charge in [0.25, 0.3) is 0 Å². The molecule has 0 radical (unpaired) electrons. The maximum Gasteiger partial charge on any atom is 0.0746 e. The lowest BCUT2D eigenvalue weighted by molar-refractivity contribution is 0.00117. The molecule has 2 saturated heterocycles. The average molecular weight is 225 g/mol. The molecular formula is C14H27NO. The molecule has 2 unspecified atom stereocenters. The van der Waals surface area contributed by atoms with Crippen LogP contribution >= 0.6 is 0 Å². The van der Waals surface area contributed by atoms with Crippen LogP contribution in [-0.2, 0) is 0 Å². The number of hydrogen-bond donors (Lipinski definition) is 1. The second-order valence-corrected chi connectivity index (χ2v) is 6.07. The Morgan fingerprint density at radius 1 is 1.00 bits per heavy atom. The predicted octanol–water partition coefficient (Wildman–Crippen LogP) is 2.95. The van der Waals surface area contributed by atoms with Crippen LogP contribution < -0.4 is 0 Å². The molecule has 16 heavy (non-hydrogen) atoms. The number of fused-ring (bicyclic) bond motifs is 1. The van der Waals surface area contributed by atoms with Crippen LogP contribution in [0.2, 0.25) is 0 Å². The SMILES string of the molecule is CC1(O)CCCCCC2CCCCCN2C1. The first kappa shape index (κ1) is 12.4. The molecule has 0 bridgehead atoms. The summed E-state index contributed by atoms with van der Waals surface area (Å²) < 4.78 is 0. The first-order chi connectivity index (χ1) is 7.67. The summed E-state index contributed by atoms with van der Waals surface area (Å²) in [6.45, 7) is 4.14. The van der Waals surface area contributed by atoms with E-state index in [2.05, 4.69) is 4.90 Å². The van der Waals surface area contributed by atoms with Gasteiger partial charge in [0, 0.05) is 12.6 Å². The van der Waals surface area contributed by atoms with E-state index >= 15 is 0 Å². The van der Waals surface area contributed by atoms with Crippen molar-refractivity contribution in [1.29, 1.82) is 0 Å². The van der Waals surface area contributed by atoms with Gasteiger partial charge in [-0.25, -0.2) is 0 Å². The molecule has 0 aromatic carbocycles. The van der Waals surface area contributed by atoms with E-state index in [0.29, 0.717) is 0 Å². The third-order valence-corrected chi connectivity index (χ3v) is 4.30. The normalized spacial score (nSPS) is 39.0. The minimum Gasteiger partial charge on any atom is -0.389 e. The highest BCUT2D eigenvalue weighted by Gasteiger charge is 2.29. The molecular weight excluding hydrogens is 198 g/mol. The molecule has 2 fully saturated rings. The summed E-state index contributed by atoms with van der Waals surface area (Å²) in [6.07, 6.45) is 11.7. The first-order valence-electron chi connectivity index (χ1n) is 7.14. The molecule has 2 heteroatoms. The fourth-order valence-corrected chi connectivity index (χ4v) is 3.35. The summed E-state index contributed by atoms with van der Waals surface area (Å²) in [7, 11) is 0. The Bertz CT molecular complexity index is 215. The van der Waals surface area contributed by atoms with Gasteiger partial charge in [-0.2, -0.15) is 0 Å². The Hall–Kier alpha value is -0.0800. The van der Waals surface area contributed by atoms with Gasteiger partial charge in [-0.1, -0.05) is 32.1 Å². The second-order valence-electron chi connectivity index (χ2n) is 6.07. The van der Waals surface area contributed by atoms with Crippen molar-refractivity contribution in [2.24, 2.45) is 0 Å². The highest BCUT2D eigenvalue weighted by molar-refractivity contribution is 4.84. The Kier molecular flexibility index (Phi) is 4.26. The quantitative estimate of drug-likeness (QED) is 0.685. The molecule has 2 aliphatic rings. The van der Waals surface area contributed by atoms with E-state index in [1.165, 1.54) is 57.9 Å². The zero-order valence-corrected chi connectivity index (χ0v) is 10.7. The van der Waals surface area contributed by atoms with Crippen LogP contribution in [0.3, 0.4) is 0 Å². The summed E-state index contributed by atoms with van der Waals surface area (Å²) >= 11 is 0. The Morgan fingerprint density at radius 3 is 2.44 bits per heavy atom. The van der Waals surface area contributed by atoms with Crippen LogP contribution in [0.5, 0.6) is 0 Å². The molecule has 0 aliphatic carbocycles. The van der Waals surface area contributed by atoms with E-state index in [4.69, 9.17) is 0 Å². The largest absolute Gasteiger partial charge is 0.389 e. The highest BCUT2D eigenvalue weighted by atomic mass is 16.3. The van der Waals surface area contributed by atoms with Gasteiger partial charge in [0.15, 0.2) is 0 Å². The highest BCUT2D eigenvalue weighted by Crippen LogP contribution is 2.27. The molecule has 2 rings (SSSR count).